The zero-order chi connectivity index (χ0) is 9.07. The summed E-state index contributed by atoms with van der Waals surface area (Å²) in [5.41, 5.74) is 0. The van der Waals surface area contributed by atoms with Gasteiger partial charge in [0.2, 0.25) is 0 Å². The van der Waals surface area contributed by atoms with Gasteiger partial charge in [-0.15, -0.1) is 0 Å². The van der Waals surface area contributed by atoms with Crippen LogP contribution < -0.4 is 0 Å². The molecule has 11 heavy (non-hydrogen) atoms. The summed E-state index contributed by atoms with van der Waals surface area (Å²) in [5.74, 6) is 0. The predicted molar refractivity (Wildman–Crippen MR) is 56.5 cm³/mol. The van der Waals surface area contributed by atoms with E-state index < -0.39 is 42.3 Å². The van der Waals surface area contributed by atoms with Crippen molar-refractivity contribution in [2.24, 2.45) is 0 Å². The van der Waals surface area contributed by atoms with E-state index in [1.165, 1.54) is 0 Å². The molecule has 0 fully saturated rings. The van der Waals surface area contributed by atoms with Gasteiger partial charge >= 0.3 is 110 Å². The Labute approximate surface area is 108 Å². The molecule has 6 heteroatoms. The summed E-state index contributed by atoms with van der Waals surface area (Å²) in [7, 11) is 0. The molecule has 4 radical (unpaired) electrons. The van der Waals surface area contributed by atoms with Crippen molar-refractivity contribution in [2.45, 2.75) is 21.0 Å². The van der Waals surface area contributed by atoms with Gasteiger partial charge in [-0.25, -0.2) is 0 Å². The van der Waals surface area contributed by atoms with E-state index in [0.717, 1.165) is 0 Å². The molecule has 0 heterocycles. The van der Waals surface area contributed by atoms with Crippen molar-refractivity contribution in [3.63, 3.8) is 0 Å². The minimum absolute atomic E-state index is 0.124. The summed E-state index contributed by atoms with van der Waals surface area (Å²) >= 11 is 21.5. The Morgan fingerprint density at radius 1 is 0.909 bits per heavy atom. The molecule has 0 nitrogen and oxygen atoms in total. The molecule has 0 saturated heterocycles. The third-order valence-corrected chi connectivity index (χ3v) is 14.8. The van der Waals surface area contributed by atoms with Gasteiger partial charge in [-0.05, 0) is 0 Å². The fourth-order valence-electron chi connectivity index (χ4n) is 0.587. The standard InChI is InChI=1S/C3H6.2CHCl2.2Sn/c1-3-2;2*2-1-3;;/h1-2H3;2*1H;;. The van der Waals surface area contributed by atoms with Crippen molar-refractivity contribution in [3.05, 3.63) is 0 Å². The Kier molecular flexibility index (Phi) is 7.85. The Morgan fingerprint density at radius 2 is 1.18 bits per heavy atom. The van der Waals surface area contributed by atoms with Crippen LogP contribution in [-0.4, -0.2) is 48.0 Å². The SMILES string of the molecule is C[C](C)([Sn][CH](Cl)Cl)[Sn][CH](Cl)Cl. The maximum atomic E-state index is 5.73. The van der Waals surface area contributed by atoms with Gasteiger partial charge in [0.15, 0.2) is 0 Å². The molecule has 0 aromatic heterocycles. The molecule has 0 atom stereocenters. The molecular formula is C5H8Cl4Sn2. The molecule has 0 unspecified atom stereocenters. The van der Waals surface area contributed by atoms with Crippen LogP contribution in [-0.2, 0) is 0 Å². The Hall–Kier alpha value is 2.76. The van der Waals surface area contributed by atoms with Crippen LogP contribution in [0.1, 0.15) is 13.8 Å². The second-order valence-corrected chi connectivity index (χ2v) is 25.0. The molecule has 0 aliphatic carbocycles. The molecule has 0 bridgehead atoms. The maximum absolute atomic E-state index is 5.73. The first kappa shape index (κ1) is 13.8. The van der Waals surface area contributed by atoms with Gasteiger partial charge in [-0.3, -0.25) is 0 Å². The third kappa shape index (κ3) is 9.07. The molecule has 0 amide bonds. The Bertz CT molecular complexity index is 103. The molecule has 0 aliphatic rings. The van der Waals surface area contributed by atoms with Crippen molar-refractivity contribution in [1.29, 1.82) is 0 Å². The summed E-state index contributed by atoms with van der Waals surface area (Å²) in [6, 6.07) is 0. The van der Waals surface area contributed by atoms with Crippen LogP contribution in [0.15, 0.2) is 0 Å². The van der Waals surface area contributed by atoms with E-state index >= 15 is 0 Å². The van der Waals surface area contributed by atoms with E-state index in [1.54, 1.807) is 0 Å². The van der Waals surface area contributed by atoms with Crippen molar-refractivity contribution in [3.8, 4) is 0 Å². The van der Waals surface area contributed by atoms with Crippen molar-refractivity contribution in [2.75, 3.05) is 0 Å². The van der Waals surface area contributed by atoms with Gasteiger partial charge in [0.1, 0.15) is 0 Å². The van der Waals surface area contributed by atoms with Gasteiger partial charge in [0, 0.05) is 0 Å². The molecular weight excluding hydrogens is 439 g/mol. The quantitative estimate of drug-likeness (QED) is 0.459. The van der Waals surface area contributed by atoms with E-state index in [4.69, 9.17) is 46.4 Å². The first-order valence-electron chi connectivity index (χ1n) is 2.95. The van der Waals surface area contributed by atoms with Crippen LogP contribution in [0.25, 0.3) is 0 Å². The zero-order valence-corrected chi connectivity index (χ0v) is 14.9. The average molecular weight is 447 g/mol. The van der Waals surface area contributed by atoms with Crippen LogP contribution in [0.4, 0.5) is 0 Å². The fourth-order valence-corrected chi connectivity index (χ4v) is 25.4. The number of halogens is 4. The summed E-state index contributed by atoms with van der Waals surface area (Å²) in [5, 5.41) is 0. The summed E-state index contributed by atoms with van der Waals surface area (Å²) in [4.78, 5) is 0. The number of alkyl halides is 4. The normalized spacial score (nSPS) is 13.1. The predicted octanol–water partition coefficient (Wildman–Crippen LogP) is 3.07. The van der Waals surface area contributed by atoms with Crippen molar-refractivity contribution >= 4 is 88.7 Å². The van der Waals surface area contributed by atoms with E-state index in [2.05, 4.69) is 13.8 Å². The fraction of sp³-hybridized carbons (Fsp3) is 1.00. The molecule has 0 spiro atoms. The molecule has 64 valence electrons. The monoisotopic (exact) mass is 448 g/mol. The first-order chi connectivity index (χ1) is 4.83. The summed E-state index contributed by atoms with van der Waals surface area (Å²) in [6.45, 7) is 4.39. The molecule has 0 aromatic carbocycles. The third-order valence-electron chi connectivity index (χ3n) is 0.940. The van der Waals surface area contributed by atoms with Gasteiger partial charge in [-0.2, -0.15) is 0 Å². The second-order valence-electron chi connectivity index (χ2n) is 2.52. The number of hydrogen-bond donors (Lipinski definition) is 0. The van der Waals surface area contributed by atoms with Crippen molar-refractivity contribution in [1.82, 2.24) is 0 Å². The van der Waals surface area contributed by atoms with Crippen LogP contribution in [0.5, 0.6) is 0 Å². The van der Waals surface area contributed by atoms with Crippen LogP contribution in [0, 0.1) is 0 Å². The van der Waals surface area contributed by atoms with Gasteiger partial charge in [-0.1, -0.05) is 0 Å². The van der Waals surface area contributed by atoms with E-state index in [-0.39, 0.29) is 5.70 Å². The summed E-state index contributed by atoms with van der Waals surface area (Å²) < 4.78 is 0.109. The Balaban J connectivity index is 3.79. The summed E-state index contributed by atoms with van der Waals surface area (Å²) in [6.07, 6.45) is 0. The Morgan fingerprint density at radius 3 is 1.36 bits per heavy atom. The molecule has 0 aromatic rings. The van der Waals surface area contributed by atoms with Gasteiger partial charge in [0.25, 0.3) is 0 Å². The van der Waals surface area contributed by atoms with Crippen molar-refractivity contribution < 1.29 is 0 Å². The van der Waals surface area contributed by atoms with Crippen LogP contribution in [0.3, 0.4) is 0 Å². The average Bonchev–Trinajstić information content (AvgIpc) is 1.53. The van der Waals surface area contributed by atoms with E-state index in [0.29, 0.717) is 1.45 Å². The van der Waals surface area contributed by atoms with Crippen LogP contribution >= 0.6 is 46.4 Å². The van der Waals surface area contributed by atoms with Gasteiger partial charge < -0.3 is 0 Å². The molecule has 0 rings (SSSR count). The molecule has 0 aliphatic heterocycles. The van der Waals surface area contributed by atoms with E-state index in [9.17, 15) is 0 Å². The minimum atomic E-state index is -0.705. The van der Waals surface area contributed by atoms with Gasteiger partial charge in [0.05, 0.1) is 0 Å². The van der Waals surface area contributed by atoms with Crippen LogP contribution in [0.2, 0.25) is 1.45 Å². The second kappa shape index (κ2) is 6.28. The number of rotatable bonds is 4. The molecule has 0 saturated carbocycles. The van der Waals surface area contributed by atoms with E-state index in [1.807, 2.05) is 0 Å². The first-order valence-corrected chi connectivity index (χ1v) is 10.8. The molecule has 0 N–H and O–H groups in total. The topological polar surface area (TPSA) is 0 Å². The number of hydrogen-bond acceptors (Lipinski definition) is 0. The zero-order valence-electron chi connectivity index (χ0n) is 6.17.